The third-order valence-corrected chi connectivity index (χ3v) is 7.03. The zero-order valence-corrected chi connectivity index (χ0v) is 22.3. The SMILES string of the molecule is CCN(CC)Cc1onc(-c2cccc(Cl)c2)c1-c1ccnc(N[C@@H]2CCN(Cc3ccn(C)n3)C2)n1. The molecule has 1 N–H and O–H groups in total. The average Bonchev–Trinajstić information content (AvgIpc) is 3.63. The summed E-state index contributed by atoms with van der Waals surface area (Å²) in [6, 6.07) is 11.9. The van der Waals surface area contributed by atoms with Crippen molar-refractivity contribution in [2.24, 2.45) is 7.05 Å². The van der Waals surface area contributed by atoms with Crippen LogP contribution in [0.1, 0.15) is 31.7 Å². The topological polar surface area (TPSA) is 88.1 Å². The minimum atomic E-state index is 0.268. The van der Waals surface area contributed by atoms with Gasteiger partial charge in [0.15, 0.2) is 5.76 Å². The lowest BCUT2D eigenvalue weighted by atomic mass is 10.0. The Labute approximate surface area is 222 Å². The summed E-state index contributed by atoms with van der Waals surface area (Å²) in [6.45, 7) is 9.52. The Morgan fingerprint density at radius 2 is 2.05 bits per heavy atom. The summed E-state index contributed by atoms with van der Waals surface area (Å²) in [5.74, 6) is 1.39. The largest absolute Gasteiger partial charge is 0.359 e. The van der Waals surface area contributed by atoms with Crippen molar-refractivity contribution in [3.8, 4) is 22.5 Å². The monoisotopic (exact) mass is 520 g/mol. The van der Waals surface area contributed by atoms with Gasteiger partial charge in [0.1, 0.15) is 5.69 Å². The van der Waals surface area contributed by atoms with Crippen molar-refractivity contribution < 1.29 is 4.52 Å². The molecule has 37 heavy (non-hydrogen) atoms. The summed E-state index contributed by atoms with van der Waals surface area (Å²) in [5.41, 5.74) is 4.37. The Morgan fingerprint density at radius 3 is 2.81 bits per heavy atom. The molecule has 9 nitrogen and oxygen atoms in total. The number of anilines is 1. The fourth-order valence-electron chi connectivity index (χ4n) is 4.80. The van der Waals surface area contributed by atoms with Gasteiger partial charge in [-0.1, -0.05) is 42.7 Å². The van der Waals surface area contributed by atoms with Crippen LogP contribution in [-0.2, 0) is 20.1 Å². The number of hydrogen-bond acceptors (Lipinski definition) is 8. The number of likely N-dealkylation sites (tertiary alicyclic amines) is 1. The second-order valence-corrected chi connectivity index (χ2v) is 9.85. The Kier molecular flexibility index (Phi) is 7.83. The maximum absolute atomic E-state index is 6.30. The molecule has 1 saturated heterocycles. The third kappa shape index (κ3) is 6.01. The first-order chi connectivity index (χ1) is 18.0. The third-order valence-electron chi connectivity index (χ3n) is 6.79. The summed E-state index contributed by atoms with van der Waals surface area (Å²) < 4.78 is 7.74. The van der Waals surface area contributed by atoms with E-state index in [4.69, 9.17) is 21.1 Å². The lowest BCUT2D eigenvalue weighted by Gasteiger charge is -2.17. The lowest BCUT2D eigenvalue weighted by molar-refractivity contribution is 0.252. The Morgan fingerprint density at radius 1 is 1.19 bits per heavy atom. The van der Waals surface area contributed by atoms with E-state index in [0.717, 1.165) is 73.1 Å². The number of halogens is 1. The maximum atomic E-state index is 6.30. The van der Waals surface area contributed by atoms with E-state index in [1.807, 2.05) is 48.3 Å². The minimum absolute atomic E-state index is 0.268. The van der Waals surface area contributed by atoms with Crippen LogP contribution < -0.4 is 5.32 Å². The van der Waals surface area contributed by atoms with Gasteiger partial charge in [0, 0.05) is 55.7 Å². The molecule has 3 aromatic heterocycles. The highest BCUT2D eigenvalue weighted by atomic mass is 35.5. The summed E-state index contributed by atoms with van der Waals surface area (Å²) in [6.07, 6.45) is 4.80. The molecular weight excluding hydrogens is 488 g/mol. The molecule has 194 valence electrons. The zero-order valence-electron chi connectivity index (χ0n) is 21.6. The van der Waals surface area contributed by atoms with Crippen molar-refractivity contribution in [3.63, 3.8) is 0 Å². The first-order valence-corrected chi connectivity index (χ1v) is 13.2. The van der Waals surface area contributed by atoms with Crippen molar-refractivity contribution >= 4 is 17.5 Å². The zero-order chi connectivity index (χ0) is 25.8. The normalized spacial score (nSPS) is 16.1. The van der Waals surface area contributed by atoms with Crippen molar-refractivity contribution in [1.82, 2.24) is 34.7 Å². The molecule has 1 aromatic carbocycles. The van der Waals surface area contributed by atoms with Crippen molar-refractivity contribution in [3.05, 3.63) is 65.3 Å². The summed E-state index contributed by atoms with van der Waals surface area (Å²) in [4.78, 5) is 14.1. The van der Waals surface area contributed by atoms with Gasteiger partial charge >= 0.3 is 0 Å². The van der Waals surface area contributed by atoms with Gasteiger partial charge in [0.05, 0.1) is 23.5 Å². The van der Waals surface area contributed by atoms with Crippen LogP contribution in [0.25, 0.3) is 22.5 Å². The van der Waals surface area contributed by atoms with Crippen LogP contribution in [-0.4, -0.2) is 66.9 Å². The Hall–Kier alpha value is -3.27. The Bertz CT molecular complexity index is 1330. The van der Waals surface area contributed by atoms with Crippen LogP contribution >= 0.6 is 11.6 Å². The van der Waals surface area contributed by atoms with E-state index in [2.05, 4.69) is 50.3 Å². The second-order valence-electron chi connectivity index (χ2n) is 9.41. The van der Waals surface area contributed by atoms with Gasteiger partial charge in [-0.3, -0.25) is 14.5 Å². The van der Waals surface area contributed by atoms with Crippen LogP contribution in [0.15, 0.2) is 53.3 Å². The van der Waals surface area contributed by atoms with E-state index >= 15 is 0 Å². The molecule has 0 unspecified atom stereocenters. The first kappa shape index (κ1) is 25.4. The van der Waals surface area contributed by atoms with E-state index in [9.17, 15) is 0 Å². The standard InChI is InChI=1S/C27H33ClN8O/c1-4-35(5-2)18-24-25(26(33-37-24)19-7-6-8-20(28)15-19)23-9-12-29-27(31-23)30-21-11-14-36(16-21)17-22-10-13-34(3)32-22/h6-10,12-13,15,21H,4-5,11,14,16-18H2,1-3H3,(H,29,30,31)/t21-/m1/s1. The molecule has 10 heteroatoms. The number of benzene rings is 1. The predicted molar refractivity (Wildman–Crippen MR) is 145 cm³/mol. The van der Waals surface area contributed by atoms with Gasteiger partial charge in [0.2, 0.25) is 5.95 Å². The smallest absolute Gasteiger partial charge is 0.223 e. The molecule has 5 rings (SSSR count). The number of rotatable bonds is 10. The molecule has 1 aliphatic heterocycles. The molecule has 0 saturated carbocycles. The van der Waals surface area contributed by atoms with E-state index in [1.54, 1.807) is 6.20 Å². The molecule has 0 bridgehead atoms. The lowest BCUT2D eigenvalue weighted by Crippen LogP contribution is -2.26. The highest BCUT2D eigenvalue weighted by Gasteiger charge is 2.25. The van der Waals surface area contributed by atoms with E-state index < -0.39 is 0 Å². The fourth-order valence-corrected chi connectivity index (χ4v) is 4.99. The number of aryl methyl sites for hydroxylation is 1. The second kappa shape index (κ2) is 11.4. The molecule has 1 atom stereocenters. The minimum Gasteiger partial charge on any atom is -0.359 e. The number of nitrogens with one attached hydrogen (secondary N) is 1. The molecule has 0 spiro atoms. The summed E-state index contributed by atoms with van der Waals surface area (Å²) >= 11 is 6.30. The van der Waals surface area contributed by atoms with Crippen LogP contribution in [0.5, 0.6) is 0 Å². The van der Waals surface area contributed by atoms with Gasteiger partial charge in [0.25, 0.3) is 0 Å². The van der Waals surface area contributed by atoms with Gasteiger partial charge in [-0.05, 0) is 43.8 Å². The van der Waals surface area contributed by atoms with Gasteiger partial charge in [-0.25, -0.2) is 9.97 Å². The van der Waals surface area contributed by atoms with Crippen LogP contribution in [0.2, 0.25) is 5.02 Å². The summed E-state index contributed by atoms with van der Waals surface area (Å²) in [7, 11) is 1.95. The molecule has 0 amide bonds. The molecule has 0 radical (unpaired) electrons. The number of hydrogen-bond donors (Lipinski definition) is 1. The van der Waals surface area contributed by atoms with Crippen molar-refractivity contribution in [2.45, 2.75) is 39.4 Å². The Balaban J connectivity index is 1.38. The molecule has 0 aliphatic carbocycles. The number of nitrogens with zero attached hydrogens (tertiary/aromatic N) is 7. The molecular formula is C27H33ClN8O. The van der Waals surface area contributed by atoms with Gasteiger partial charge in [-0.15, -0.1) is 0 Å². The fraction of sp³-hybridized carbons (Fsp3) is 0.407. The molecule has 4 heterocycles. The van der Waals surface area contributed by atoms with Gasteiger partial charge < -0.3 is 9.84 Å². The van der Waals surface area contributed by atoms with Crippen molar-refractivity contribution in [1.29, 1.82) is 0 Å². The van der Waals surface area contributed by atoms with Gasteiger partial charge in [-0.2, -0.15) is 5.10 Å². The highest BCUT2D eigenvalue weighted by Crippen LogP contribution is 2.35. The summed E-state index contributed by atoms with van der Waals surface area (Å²) in [5, 5.41) is 13.2. The maximum Gasteiger partial charge on any atom is 0.223 e. The van der Waals surface area contributed by atoms with E-state index in [0.29, 0.717) is 17.5 Å². The van der Waals surface area contributed by atoms with Crippen LogP contribution in [0.3, 0.4) is 0 Å². The van der Waals surface area contributed by atoms with E-state index in [-0.39, 0.29) is 6.04 Å². The highest BCUT2D eigenvalue weighted by molar-refractivity contribution is 6.30. The van der Waals surface area contributed by atoms with Crippen LogP contribution in [0, 0.1) is 0 Å². The molecule has 1 aliphatic rings. The van der Waals surface area contributed by atoms with Crippen molar-refractivity contribution in [2.75, 3.05) is 31.5 Å². The van der Waals surface area contributed by atoms with E-state index in [1.165, 1.54) is 0 Å². The molecule has 1 fully saturated rings. The number of aromatic nitrogens is 5. The molecule has 4 aromatic rings. The predicted octanol–water partition coefficient (Wildman–Crippen LogP) is 4.71. The quantitative estimate of drug-likeness (QED) is 0.321. The first-order valence-electron chi connectivity index (χ1n) is 12.8. The average molecular weight is 521 g/mol. The van der Waals surface area contributed by atoms with Crippen LogP contribution in [0.4, 0.5) is 5.95 Å².